The highest BCUT2D eigenvalue weighted by atomic mass is 15.2. The Bertz CT molecular complexity index is 3220. The molecule has 2 aliphatic rings. The number of anilines is 2. The average molecular weight is 768 g/mol. The number of aromatic nitrogens is 4. The fraction of sp³-hybridized carbons (Fsp3) is 0.0364. The van der Waals surface area contributed by atoms with E-state index < -0.39 is 0 Å². The van der Waals surface area contributed by atoms with E-state index in [9.17, 15) is 0 Å². The molecule has 1 aliphatic heterocycles. The van der Waals surface area contributed by atoms with Gasteiger partial charge >= 0.3 is 0 Å². The summed E-state index contributed by atoms with van der Waals surface area (Å²) in [6.07, 6.45) is 6.54. The number of rotatable bonds is 6. The summed E-state index contributed by atoms with van der Waals surface area (Å²) >= 11 is 0. The minimum atomic E-state index is 0.0940. The minimum absolute atomic E-state index is 0.0940. The first-order chi connectivity index (χ1) is 29.7. The van der Waals surface area contributed by atoms with Gasteiger partial charge in [-0.25, -0.2) is 9.97 Å². The normalized spacial score (nSPS) is 15.2. The summed E-state index contributed by atoms with van der Waals surface area (Å²) in [6, 6.07) is 69.2. The molecule has 2 unspecified atom stereocenters. The largest absolute Gasteiger partial charge is 0.333 e. The molecule has 2 atom stereocenters. The molecule has 0 spiro atoms. The van der Waals surface area contributed by atoms with E-state index in [0.29, 0.717) is 5.95 Å². The van der Waals surface area contributed by atoms with Crippen LogP contribution in [0.4, 0.5) is 11.4 Å². The molecule has 0 saturated carbocycles. The van der Waals surface area contributed by atoms with Gasteiger partial charge in [-0.05, 0) is 81.9 Å². The summed E-state index contributed by atoms with van der Waals surface area (Å²) in [4.78, 5) is 18.0. The average Bonchev–Trinajstić information content (AvgIpc) is 3.85. The monoisotopic (exact) mass is 767 g/mol. The van der Waals surface area contributed by atoms with Gasteiger partial charge in [-0.3, -0.25) is 9.55 Å². The van der Waals surface area contributed by atoms with Crippen molar-refractivity contribution in [2.24, 2.45) is 0 Å². The Balaban J connectivity index is 1.02. The maximum Gasteiger partial charge on any atom is 0.235 e. The third-order valence-corrected chi connectivity index (χ3v) is 12.2. The minimum Gasteiger partial charge on any atom is -0.333 e. The van der Waals surface area contributed by atoms with Gasteiger partial charge in [-0.15, -0.1) is 0 Å². The predicted molar refractivity (Wildman–Crippen MR) is 246 cm³/mol. The van der Waals surface area contributed by atoms with E-state index in [2.05, 4.69) is 198 Å². The zero-order chi connectivity index (χ0) is 39.6. The molecule has 0 saturated heterocycles. The lowest BCUT2D eigenvalue weighted by atomic mass is 9.84. The van der Waals surface area contributed by atoms with E-state index in [-0.39, 0.29) is 12.0 Å². The Morgan fingerprint density at radius 1 is 0.450 bits per heavy atom. The van der Waals surface area contributed by atoms with E-state index in [1.165, 1.54) is 27.9 Å². The van der Waals surface area contributed by atoms with Gasteiger partial charge in [0.25, 0.3) is 0 Å². The number of para-hydroxylation sites is 1. The van der Waals surface area contributed by atoms with Crippen molar-refractivity contribution in [1.82, 2.24) is 19.5 Å². The fourth-order valence-electron chi connectivity index (χ4n) is 9.42. The molecule has 0 amide bonds. The van der Waals surface area contributed by atoms with E-state index in [4.69, 9.17) is 15.0 Å². The van der Waals surface area contributed by atoms with Gasteiger partial charge in [0.05, 0.1) is 40.1 Å². The van der Waals surface area contributed by atoms with E-state index in [1.54, 1.807) is 0 Å². The Labute approximate surface area is 348 Å². The Kier molecular flexibility index (Phi) is 7.91. The van der Waals surface area contributed by atoms with Crippen LogP contribution in [-0.2, 0) is 0 Å². The van der Waals surface area contributed by atoms with Crippen LogP contribution >= 0.6 is 0 Å². The van der Waals surface area contributed by atoms with Crippen LogP contribution in [0, 0.1) is 0 Å². The Morgan fingerprint density at radius 3 is 1.85 bits per heavy atom. The molecule has 10 aromatic rings. The number of hydrogen-bond acceptors (Lipinski definition) is 4. The number of nitrogens with zero attached hydrogens (tertiary/aromatic N) is 5. The number of pyridine rings is 1. The summed E-state index contributed by atoms with van der Waals surface area (Å²) in [5, 5.41) is 2.31. The molecular weight excluding hydrogens is 731 g/mol. The molecule has 7 aromatic carbocycles. The summed E-state index contributed by atoms with van der Waals surface area (Å²) in [7, 11) is 0. The van der Waals surface area contributed by atoms with Crippen molar-refractivity contribution in [3.05, 3.63) is 223 Å². The first-order valence-corrected chi connectivity index (χ1v) is 20.5. The molecule has 5 nitrogen and oxygen atoms in total. The molecule has 12 rings (SSSR count). The molecule has 4 heterocycles. The fourth-order valence-corrected chi connectivity index (χ4v) is 9.42. The van der Waals surface area contributed by atoms with Gasteiger partial charge in [0.2, 0.25) is 5.95 Å². The van der Waals surface area contributed by atoms with Gasteiger partial charge in [0, 0.05) is 39.5 Å². The number of fused-ring (bicyclic) bond motifs is 8. The second-order valence-electron chi connectivity index (χ2n) is 15.6. The lowest BCUT2D eigenvalue weighted by molar-refractivity contribution is 0.703. The highest BCUT2D eigenvalue weighted by Gasteiger charge is 2.42. The van der Waals surface area contributed by atoms with Crippen molar-refractivity contribution in [2.45, 2.75) is 12.0 Å². The standard InChI is InChI=1S/C55H37N5/c1-4-14-36(15-5-1)40-20-12-22-43(32-40)59-51-30-26-39-21-13-31-56-54(39)53(51)45-28-25-42(34-52(45)59)41-27-29-50-46(33-41)44-23-10-11-24-49(44)60(50)55-57-47(37-16-6-2-7-17-37)35-48(58-55)38-18-8-3-9-19-38/h1-35,51,53H. The third kappa shape index (κ3) is 5.58. The summed E-state index contributed by atoms with van der Waals surface area (Å²) in [5.41, 5.74) is 16.7. The van der Waals surface area contributed by atoms with Gasteiger partial charge in [-0.1, -0.05) is 158 Å². The summed E-state index contributed by atoms with van der Waals surface area (Å²) < 4.78 is 2.22. The quantitative estimate of drug-likeness (QED) is 0.169. The van der Waals surface area contributed by atoms with Crippen LogP contribution in [0.2, 0.25) is 0 Å². The second-order valence-corrected chi connectivity index (χ2v) is 15.6. The van der Waals surface area contributed by atoms with Crippen molar-refractivity contribution in [3.63, 3.8) is 0 Å². The SMILES string of the molecule is C1=CC2C(c3ccc(-c4ccc5c(c4)c4ccccc4n5-c4nc(-c5ccccc5)cc(-c5ccccc5)n4)cc3N2c2cccc(-c3ccccc3)c2)c2ncccc21. The molecule has 0 N–H and O–H groups in total. The van der Waals surface area contributed by atoms with Crippen LogP contribution < -0.4 is 4.90 Å². The predicted octanol–water partition coefficient (Wildman–Crippen LogP) is 13.3. The van der Waals surface area contributed by atoms with Crippen LogP contribution in [0.1, 0.15) is 22.7 Å². The van der Waals surface area contributed by atoms with Crippen LogP contribution in [0.3, 0.4) is 0 Å². The van der Waals surface area contributed by atoms with E-state index in [0.717, 1.165) is 66.8 Å². The molecule has 0 radical (unpaired) electrons. The van der Waals surface area contributed by atoms with Crippen molar-refractivity contribution in [2.75, 3.05) is 4.90 Å². The first kappa shape index (κ1) is 34.2. The van der Waals surface area contributed by atoms with Crippen LogP contribution in [0.5, 0.6) is 0 Å². The first-order valence-electron chi connectivity index (χ1n) is 20.5. The van der Waals surface area contributed by atoms with Gasteiger partial charge in [-0.2, -0.15) is 0 Å². The second kappa shape index (κ2) is 13.9. The third-order valence-electron chi connectivity index (χ3n) is 12.2. The van der Waals surface area contributed by atoms with Crippen molar-refractivity contribution in [3.8, 4) is 50.7 Å². The molecule has 60 heavy (non-hydrogen) atoms. The van der Waals surface area contributed by atoms with E-state index >= 15 is 0 Å². The molecule has 5 heteroatoms. The molecule has 3 aromatic heterocycles. The topological polar surface area (TPSA) is 46.8 Å². The molecule has 1 aliphatic carbocycles. The lowest BCUT2D eigenvalue weighted by Gasteiger charge is -2.31. The van der Waals surface area contributed by atoms with Crippen LogP contribution in [0.15, 0.2) is 206 Å². The van der Waals surface area contributed by atoms with Crippen LogP contribution in [-0.4, -0.2) is 25.6 Å². The van der Waals surface area contributed by atoms with Crippen molar-refractivity contribution >= 4 is 39.3 Å². The van der Waals surface area contributed by atoms with Gasteiger partial charge in [0.15, 0.2) is 0 Å². The molecule has 0 bridgehead atoms. The molecular formula is C55H37N5. The van der Waals surface area contributed by atoms with E-state index in [1.807, 2.05) is 24.4 Å². The Hall–Kier alpha value is -7.89. The zero-order valence-corrected chi connectivity index (χ0v) is 32.6. The summed E-state index contributed by atoms with van der Waals surface area (Å²) in [6.45, 7) is 0. The lowest BCUT2D eigenvalue weighted by Crippen LogP contribution is -2.31. The van der Waals surface area contributed by atoms with Gasteiger partial charge in [0.1, 0.15) is 0 Å². The molecule has 282 valence electrons. The highest BCUT2D eigenvalue weighted by Crippen LogP contribution is 2.52. The maximum atomic E-state index is 5.24. The Morgan fingerprint density at radius 2 is 1.08 bits per heavy atom. The van der Waals surface area contributed by atoms with Crippen molar-refractivity contribution < 1.29 is 0 Å². The van der Waals surface area contributed by atoms with Crippen molar-refractivity contribution in [1.29, 1.82) is 0 Å². The zero-order valence-electron chi connectivity index (χ0n) is 32.6. The number of hydrogen-bond donors (Lipinski definition) is 0. The summed E-state index contributed by atoms with van der Waals surface area (Å²) in [5.74, 6) is 0.758. The van der Waals surface area contributed by atoms with Gasteiger partial charge < -0.3 is 4.90 Å². The number of benzene rings is 7. The van der Waals surface area contributed by atoms with Crippen LogP contribution in [0.25, 0.3) is 78.6 Å². The smallest absolute Gasteiger partial charge is 0.235 e. The maximum absolute atomic E-state index is 5.24. The molecule has 0 fully saturated rings. The highest BCUT2D eigenvalue weighted by molar-refractivity contribution is 6.10.